The van der Waals surface area contributed by atoms with Crippen molar-refractivity contribution < 1.29 is 9.47 Å². The van der Waals surface area contributed by atoms with E-state index in [0.29, 0.717) is 6.61 Å². The maximum atomic E-state index is 6.03. The highest BCUT2D eigenvalue weighted by Crippen LogP contribution is 2.33. The quantitative estimate of drug-likeness (QED) is 0.742. The van der Waals surface area contributed by atoms with E-state index in [1.54, 1.807) is 0 Å². The van der Waals surface area contributed by atoms with Crippen LogP contribution in [0.1, 0.15) is 52.6 Å². The number of benzene rings is 1. The minimum Gasteiger partial charge on any atom is -0.494 e. The van der Waals surface area contributed by atoms with Crippen molar-refractivity contribution in [3.05, 3.63) is 29.8 Å². The van der Waals surface area contributed by atoms with Crippen molar-refractivity contribution in [1.29, 1.82) is 0 Å². The Kier molecular flexibility index (Phi) is 7.03. The molecule has 0 aromatic heterocycles. The predicted octanol–water partition coefficient (Wildman–Crippen LogP) is 3.94. The highest BCUT2D eigenvalue weighted by molar-refractivity contribution is 5.30. The summed E-state index contributed by atoms with van der Waals surface area (Å²) in [6.07, 6.45) is 0.964. The molecule has 0 radical (unpaired) electrons. The van der Waals surface area contributed by atoms with E-state index in [1.165, 1.54) is 5.56 Å². The summed E-state index contributed by atoms with van der Waals surface area (Å²) < 4.78 is 11.5. The largest absolute Gasteiger partial charge is 0.494 e. The summed E-state index contributed by atoms with van der Waals surface area (Å²) in [5, 5.41) is 3.56. The lowest BCUT2D eigenvalue weighted by Gasteiger charge is -2.37. The van der Waals surface area contributed by atoms with E-state index in [4.69, 9.17) is 9.47 Å². The molecule has 0 saturated carbocycles. The van der Waals surface area contributed by atoms with Gasteiger partial charge in [0, 0.05) is 6.61 Å². The Hall–Kier alpha value is -1.06. The van der Waals surface area contributed by atoms with Crippen molar-refractivity contribution in [2.75, 3.05) is 19.8 Å². The Balaban J connectivity index is 2.99. The van der Waals surface area contributed by atoms with E-state index in [1.807, 2.05) is 19.1 Å². The van der Waals surface area contributed by atoms with Crippen molar-refractivity contribution in [2.24, 2.45) is 0 Å². The lowest BCUT2D eigenvalue weighted by molar-refractivity contribution is -0.0560. The van der Waals surface area contributed by atoms with Gasteiger partial charge in [-0.05, 0) is 51.4 Å². The first-order chi connectivity index (χ1) is 9.61. The number of nitrogens with one attached hydrogen (secondary N) is 1. The van der Waals surface area contributed by atoms with Crippen molar-refractivity contribution in [3.63, 3.8) is 0 Å². The van der Waals surface area contributed by atoms with E-state index in [2.05, 4.69) is 45.1 Å². The van der Waals surface area contributed by atoms with Crippen LogP contribution >= 0.6 is 0 Å². The van der Waals surface area contributed by atoms with E-state index in [-0.39, 0.29) is 11.6 Å². The van der Waals surface area contributed by atoms with Gasteiger partial charge in [-0.3, -0.25) is 0 Å². The molecule has 2 unspecified atom stereocenters. The number of ether oxygens (including phenoxy) is 2. The topological polar surface area (TPSA) is 30.5 Å². The molecule has 0 aliphatic heterocycles. The first-order valence-electron chi connectivity index (χ1n) is 7.71. The van der Waals surface area contributed by atoms with Crippen molar-refractivity contribution >= 4 is 0 Å². The molecule has 1 aromatic carbocycles. The van der Waals surface area contributed by atoms with Crippen molar-refractivity contribution in [2.45, 2.75) is 52.7 Å². The summed E-state index contributed by atoms with van der Waals surface area (Å²) in [6.45, 7) is 12.9. The maximum absolute atomic E-state index is 6.03. The molecule has 0 saturated heterocycles. The summed E-state index contributed by atoms with van der Waals surface area (Å²) in [5.74, 6) is 0.918. The standard InChI is InChI=1S/C17H29NO2/c1-6-17(5,20-9-4)16(18-7-2)14-10-12-15(13-11-14)19-8-3/h10-13,16,18H,6-9H2,1-5H3. The minimum absolute atomic E-state index is 0.188. The normalized spacial score (nSPS) is 15.7. The molecule has 1 rings (SSSR count). The molecule has 0 bridgehead atoms. The summed E-state index contributed by atoms with van der Waals surface area (Å²) in [4.78, 5) is 0. The number of hydrogen-bond donors (Lipinski definition) is 1. The fraction of sp³-hybridized carbons (Fsp3) is 0.647. The molecule has 3 heteroatoms. The van der Waals surface area contributed by atoms with Gasteiger partial charge < -0.3 is 14.8 Å². The molecule has 0 heterocycles. The Morgan fingerprint density at radius 3 is 2.15 bits per heavy atom. The molecule has 20 heavy (non-hydrogen) atoms. The van der Waals surface area contributed by atoms with E-state index in [9.17, 15) is 0 Å². The van der Waals surface area contributed by atoms with Crippen LogP contribution < -0.4 is 10.1 Å². The second-order valence-corrected chi connectivity index (χ2v) is 5.09. The maximum Gasteiger partial charge on any atom is 0.119 e. The SMILES string of the molecule is CCNC(c1ccc(OCC)cc1)C(C)(CC)OCC. The monoisotopic (exact) mass is 279 g/mol. The van der Waals surface area contributed by atoms with Gasteiger partial charge in [-0.2, -0.15) is 0 Å². The Morgan fingerprint density at radius 1 is 1.05 bits per heavy atom. The minimum atomic E-state index is -0.197. The van der Waals surface area contributed by atoms with Crippen molar-refractivity contribution in [3.8, 4) is 5.75 Å². The van der Waals surface area contributed by atoms with Crippen molar-refractivity contribution in [1.82, 2.24) is 5.32 Å². The van der Waals surface area contributed by atoms with Gasteiger partial charge in [0.15, 0.2) is 0 Å². The fourth-order valence-corrected chi connectivity index (χ4v) is 2.53. The molecule has 1 aromatic rings. The molecule has 0 aliphatic rings. The van der Waals surface area contributed by atoms with Gasteiger partial charge in [0.1, 0.15) is 5.75 Å². The fourth-order valence-electron chi connectivity index (χ4n) is 2.53. The van der Waals surface area contributed by atoms with Gasteiger partial charge in [-0.15, -0.1) is 0 Å². The van der Waals surface area contributed by atoms with Gasteiger partial charge in [0.2, 0.25) is 0 Å². The Bertz CT molecular complexity index is 377. The summed E-state index contributed by atoms with van der Waals surface area (Å²) in [6, 6.07) is 8.51. The summed E-state index contributed by atoms with van der Waals surface area (Å²) in [7, 11) is 0. The average molecular weight is 279 g/mol. The Morgan fingerprint density at radius 2 is 1.70 bits per heavy atom. The lowest BCUT2D eigenvalue weighted by Crippen LogP contribution is -2.43. The third kappa shape index (κ3) is 4.22. The Labute approximate surface area is 123 Å². The van der Waals surface area contributed by atoms with Gasteiger partial charge in [-0.25, -0.2) is 0 Å². The molecule has 2 atom stereocenters. The third-order valence-corrected chi connectivity index (χ3v) is 3.72. The second-order valence-electron chi connectivity index (χ2n) is 5.09. The number of likely N-dealkylation sites (N-methyl/N-ethyl adjacent to an activating group) is 1. The van der Waals surface area contributed by atoms with Gasteiger partial charge in [0.25, 0.3) is 0 Å². The molecule has 114 valence electrons. The predicted molar refractivity (Wildman–Crippen MR) is 84.4 cm³/mol. The highest BCUT2D eigenvalue weighted by atomic mass is 16.5. The molecule has 0 fully saturated rings. The second kappa shape index (κ2) is 8.28. The zero-order valence-electron chi connectivity index (χ0n) is 13.5. The van der Waals surface area contributed by atoms with Crippen LogP contribution in [0.2, 0.25) is 0 Å². The van der Waals surface area contributed by atoms with E-state index < -0.39 is 0 Å². The van der Waals surface area contributed by atoms with E-state index >= 15 is 0 Å². The molecular formula is C17H29NO2. The molecule has 0 spiro atoms. The number of rotatable bonds is 9. The molecule has 0 amide bonds. The zero-order chi connectivity index (χ0) is 15.0. The zero-order valence-corrected chi connectivity index (χ0v) is 13.5. The highest BCUT2D eigenvalue weighted by Gasteiger charge is 2.33. The summed E-state index contributed by atoms with van der Waals surface area (Å²) in [5.41, 5.74) is 1.05. The van der Waals surface area contributed by atoms with Crippen LogP contribution in [0.3, 0.4) is 0 Å². The third-order valence-electron chi connectivity index (χ3n) is 3.72. The molecule has 1 N–H and O–H groups in total. The smallest absolute Gasteiger partial charge is 0.119 e. The first kappa shape index (κ1) is 17.0. The van der Waals surface area contributed by atoms with Crippen LogP contribution in [0.4, 0.5) is 0 Å². The van der Waals surface area contributed by atoms with Crippen LogP contribution in [0.25, 0.3) is 0 Å². The average Bonchev–Trinajstić information content (AvgIpc) is 2.46. The van der Waals surface area contributed by atoms with Crippen LogP contribution in [-0.2, 0) is 4.74 Å². The van der Waals surface area contributed by atoms with Crippen LogP contribution in [0.5, 0.6) is 5.75 Å². The molecule has 0 aliphatic carbocycles. The number of hydrogen-bond acceptors (Lipinski definition) is 3. The van der Waals surface area contributed by atoms with E-state index in [0.717, 1.165) is 25.3 Å². The summed E-state index contributed by atoms with van der Waals surface area (Å²) >= 11 is 0. The molecule has 3 nitrogen and oxygen atoms in total. The lowest BCUT2D eigenvalue weighted by atomic mass is 9.87. The van der Waals surface area contributed by atoms with Gasteiger partial charge in [-0.1, -0.05) is 26.0 Å². The van der Waals surface area contributed by atoms with Crippen LogP contribution in [0, 0.1) is 0 Å². The van der Waals surface area contributed by atoms with Crippen LogP contribution in [-0.4, -0.2) is 25.4 Å². The van der Waals surface area contributed by atoms with Crippen LogP contribution in [0.15, 0.2) is 24.3 Å². The molecular weight excluding hydrogens is 250 g/mol. The van der Waals surface area contributed by atoms with Gasteiger partial charge in [0.05, 0.1) is 18.2 Å². The first-order valence-corrected chi connectivity index (χ1v) is 7.71. The van der Waals surface area contributed by atoms with Gasteiger partial charge >= 0.3 is 0 Å².